The van der Waals surface area contributed by atoms with Gasteiger partial charge in [-0.05, 0) is 30.3 Å². The van der Waals surface area contributed by atoms with Gasteiger partial charge in [0.15, 0.2) is 17.3 Å². The third-order valence-corrected chi connectivity index (χ3v) is 5.23. The molecule has 1 amide bonds. The van der Waals surface area contributed by atoms with Crippen LogP contribution in [0.4, 0.5) is 11.8 Å². The van der Waals surface area contributed by atoms with E-state index in [9.17, 15) is 4.79 Å². The SMILES string of the molecule is CC(=O)N1CCN(c2nc(N)nc3ccc(-c4ccc5c(c4)OCO5)nc23)CC1. The highest BCUT2D eigenvalue weighted by Crippen LogP contribution is 2.36. The maximum absolute atomic E-state index is 11.6. The largest absolute Gasteiger partial charge is 0.454 e. The highest BCUT2D eigenvalue weighted by Gasteiger charge is 2.23. The minimum Gasteiger partial charge on any atom is -0.454 e. The van der Waals surface area contributed by atoms with Crippen molar-refractivity contribution in [3.05, 3.63) is 30.3 Å². The molecule has 2 aromatic heterocycles. The Kier molecular flexibility index (Phi) is 4.08. The minimum atomic E-state index is 0.0833. The van der Waals surface area contributed by atoms with Gasteiger partial charge in [-0.2, -0.15) is 4.98 Å². The maximum atomic E-state index is 11.6. The monoisotopic (exact) mass is 392 g/mol. The molecule has 1 aromatic carbocycles. The van der Waals surface area contributed by atoms with Crippen LogP contribution in [0, 0.1) is 0 Å². The molecule has 1 fully saturated rings. The van der Waals surface area contributed by atoms with Gasteiger partial charge in [-0.25, -0.2) is 9.97 Å². The van der Waals surface area contributed by atoms with Gasteiger partial charge in [0.05, 0.1) is 11.2 Å². The van der Waals surface area contributed by atoms with Gasteiger partial charge in [-0.1, -0.05) is 0 Å². The number of anilines is 2. The predicted octanol–water partition coefficient (Wildman–Crippen LogP) is 1.67. The molecule has 1 saturated heterocycles. The summed E-state index contributed by atoms with van der Waals surface area (Å²) in [5, 5.41) is 0. The summed E-state index contributed by atoms with van der Waals surface area (Å²) in [5.74, 6) is 2.42. The van der Waals surface area contributed by atoms with Gasteiger partial charge >= 0.3 is 0 Å². The highest BCUT2D eigenvalue weighted by molar-refractivity contribution is 5.89. The molecule has 0 unspecified atom stereocenters. The van der Waals surface area contributed by atoms with E-state index in [4.69, 9.17) is 20.2 Å². The van der Waals surface area contributed by atoms with E-state index >= 15 is 0 Å². The number of nitrogens with two attached hydrogens (primary N) is 1. The minimum absolute atomic E-state index is 0.0833. The molecule has 2 aliphatic rings. The van der Waals surface area contributed by atoms with Crippen LogP contribution in [-0.4, -0.2) is 58.7 Å². The molecule has 0 atom stereocenters. The van der Waals surface area contributed by atoms with Crippen molar-refractivity contribution < 1.29 is 14.3 Å². The molecular formula is C20H20N6O3. The molecule has 0 aliphatic carbocycles. The molecule has 4 heterocycles. The van der Waals surface area contributed by atoms with Crippen LogP contribution >= 0.6 is 0 Å². The van der Waals surface area contributed by atoms with Crippen LogP contribution in [0.1, 0.15) is 6.92 Å². The number of piperazine rings is 1. The summed E-state index contributed by atoms with van der Waals surface area (Å²) >= 11 is 0. The van der Waals surface area contributed by atoms with Crippen LogP contribution in [0.25, 0.3) is 22.3 Å². The molecule has 0 bridgehead atoms. The molecule has 29 heavy (non-hydrogen) atoms. The first-order valence-electron chi connectivity index (χ1n) is 9.43. The molecule has 2 N–H and O–H groups in total. The molecule has 148 valence electrons. The summed E-state index contributed by atoms with van der Waals surface area (Å²) < 4.78 is 10.9. The lowest BCUT2D eigenvalue weighted by Gasteiger charge is -2.35. The number of nitrogen functional groups attached to an aromatic ring is 1. The Morgan fingerprint density at radius 2 is 1.79 bits per heavy atom. The van der Waals surface area contributed by atoms with Gasteiger partial charge in [0.25, 0.3) is 0 Å². The first-order chi connectivity index (χ1) is 14.1. The molecule has 3 aromatic rings. The predicted molar refractivity (Wildman–Crippen MR) is 108 cm³/mol. The molecule has 9 heteroatoms. The molecule has 0 radical (unpaired) electrons. The van der Waals surface area contributed by atoms with Crippen molar-refractivity contribution in [2.45, 2.75) is 6.92 Å². The fourth-order valence-corrected chi connectivity index (χ4v) is 3.69. The van der Waals surface area contributed by atoms with E-state index in [0.717, 1.165) is 17.0 Å². The number of hydrogen-bond donors (Lipinski definition) is 1. The third-order valence-electron chi connectivity index (χ3n) is 5.23. The fourth-order valence-electron chi connectivity index (χ4n) is 3.69. The number of fused-ring (bicyclic) bond motifs is 2. The lowest BCUT2D eigenvalue weighted by atomic mass is 10.1. The lowest BCUT2D eigenvalue weighted by Crippen LogP contribution is -2.48. The molecule has 2 aliphatic heterocycles. The van der Waals surface area contributed by atoms with Gasteiger partial charge in [0.1, 0.15) is 5.52 Å². The van der Waals surface area contributed by atoms with Crippen molar-refractivity contribution in [3.63, 3.8) is 0 Å². The second-order valence-corrected chi connectivity index (χ2v) is 7.03. The second kappa shape index (κ2) is 6.77. The van der Waals surface area contributed by atoms with E-state index in [1.54, 1.807) is 6.92 Å². The van der Waals surface area contributed by atoms with Gasteiger partial charge in [-0.15, -0.1) is 0 Å². The van der Waals surface area contributed by atoms with E-state index in [2.05, 4.69) is 14.9 Å². The van der Waals surface area contributed by atoms with E-state index in [1.807, 2.05) is 35.2 Å². The van der Waals surface area contributed by atoms with E-state index < -0.39 is 0 Å². The summed E-state index contributed by atoms with van der Waals surface area (Å²) in [6, 6.07) is 9.55. The first kappa shape index (κ1) is 17.5. The Balaban J connectivity index is 1.54. The van der Waals surface area contributed by atoms with Gasteiger partial charge in [-0.3, -0.25) is 4.79 Å². The standard InChI is InChI=1S/C20H20N6O3/c1-12(27)25-6-8-26(9-7-25)19-18-15(23-20(21)24-19)4-3-14(22-18)13-2-5-16-17(10-13)29-11-28-16/h2-5,10H,6-9,11H2,1H3,(H2,21,23,24). The number of pyridine rings is 1. The summed E-state index contributed by atoms with van der Waals surface area (Å²) in [6.45, 7) is 4.44. The zero-order chi connectivity index (χ0) is 20.0. The summed E-state index contributed by atoms with van der Waals surface area (Å²) in [5.41, 5.74) is 9.02. The number of ether oxygens (including phenoxy) is 2. The zero-order valence-corrected chi connectivity index (χ0v) is 16.0. The summed E-state index contributed by atoms with van der Waals surface area (Å²) in [7, 11) is 0. The van der Waals surface area contributed by atoms with Gasteiger partial charge < -0.3 is 25.0 Å². The maximum Gasteiger partial charge on any atom is 0.231 e. The van der Waals surface area contributed by atoms with Crippen molar-refractivity contribution in [3.8, 4) is 22.8 Å². The first-order valence-corrected chi connectivity index (χ1v) is 9.43. The van der Waals surface area contributed by atoms with Crippen LogP contribution in [0.5, 0.6) is 11.5 Å². The molecule has 0 saturated carbocycles. The molecule has 0 spiro atoms. The smallest absolute Gasteiger partial charge is 0.231 e. The van der Waals surface area contributed by atoms with Crippen molar-refractivity contribution in [1.82, 2.24) is 19.9 Å². The average Bonchev–Trinajstić information content (AvgIpc) is 3.21. The number of hydrogen-bond acceptors (Lipinski definition) is 8. The van der Waals surface area contributed by atoms with Crippen molar-refractivity contribution in [2.75, 3.05) is 43.6 Å². The van der Waals surface area contributed by atoms with Crippen LogP contribution in [0.3, 0.4) is 0 Å². The Bertz CT molecular complexity index is 1110. The number of carbonyl (C=O) groups is 1. The van der Waals surface area contributed by atoms with Crippen LogP contribution in [0.2, 0.25) is 0 Å². The van der Waals surface area contributed by atoms with Crippen LogP contribution in [0.15, 0.2) is 30.3 Å². The number of aromatic nitrogens is 3. The topological polar surface area (TPSA) is 107 Å². The Labute approximate surface area is 167 Å². The van der Waals surface area contributed by atoms with Crippen molar-refractivity contribution in [1.29, 1.82) is 0 Å². The summed E-state index contributed by atoms with van der Waals surface area (Å²) in [6.07, 6.45) is 0. The lowest BCUT2D eigenvalue weighted by molar-refractivity contribution is -0.129. The number of benzene rings is 1. The molecule has 5 rings (SSSR count). The Morgan fingerprint density at radius 1 is 1.00 bits per heavy atom. The number of amides is 1. The third kappa shape index (κ3) is 3.14. The normalized spacial score (nSPS) is 15.8. The van der Waals surface area contributed by atoms with Gasteiger partial charge in [0, 0.05) is 38.7 Å². The molecular weight excluding hydrogens is 372 g/mol. The van der Waals surface area contributed by atoms with Crippen molar-refractivity contribution >= 4 is 28.7 Å². The zero-order valence-electron chi connectivity index (χ0n) is 16.0. The average molecular weight is 392 g/mol. The molecule has 9 nitrogen and oxygen atoms in total. The van der Waals surface area contributed by atoms with E-state index in [0.29, 0.717) is 48.8 Å². The van der Waals surface area contributed by atoms with Crippen LogP contribution in [-0.2, 0) is 4.79 Å². The Hall–Kier alpha value is -3.62. The van der Waals surface area contributed by atoms with Crippen LogP contribution < -0.4 is 20.1 Å². The van der Waals surface area contributed by atoms with E-state index in [1.165, 1.54) is 0 Å². The fraction of sp³-hybridized carbons (Fsp3) is 0.300. The number of carbonyl (C=O) groups excluding carboxylic acids is 1. The highest BCUT2D eigenvalue weighted by atomic mass is 16.7. The van der Waals surface area contributed by atoms with E-state index in [-0.39, 0.29) is 18.6 Å². The summed E-state index contributed by atoms with van der Waals surface area (Å²) in [4.78, 5) is 29.2. The second-order valence-electron chi connectivity index (χ2n) is 7.03. The number of nitrogens with zero attached hydrogens (tertiary/aromatic N) is 5. The number of rotatable bonds is 2. The van der Waals surface area contributed by atoms with Gasteiger partial charge in [0.2, 0.25) is 18.6 Å². The van der Waals surface area contributed by atoms with Crippen molar-refractivity contribution in [2.24, 2.45) is 0 Å². The Morgan fingerprint density at radius 3 is 2.59 bits per heavy atom. The quantitative estimate of drug-likeness (QED) is 0.702.